The number of aromatic nitrogens is 1. The van der Waals surface area contributed by atoms with Crippen LogP contribution in [-0.2, 0) is 35.1 Å². The highest BCUT2D eigenvalue weighted by molar-refractivity contribution is 7.09. The molecule has 1 aromatic heterocycles. The first kappa shape index (κ1) is 43.5. The molecule has 1 fully saturated rings. The van der Waals surface area contributed by atoms with Crippen LogP contribution in [0.1, 0.15) is 101 Å². The van der Waals surface area contributed by atoms with Crippen molar-refractivity contribution < 1.29 is 33.4 Å². The molecule has 1 aromatic carbocycles. The number of carbonyl (C=O) groups is 5. The standard InChI is InChI=1S/C39H60N6O7S/c1-10-40-29(39(50)51-9)21-28(20-27-16-12-11-13-17-27)41-35(47)30-23-53-37(42-30)33(52-26(6)46)22-32(24(2)3)45(8)38(49)34(25(4)5)43-36(48)31-18-14-15-19-44(31)7/h11-13,16-17,23-25,28-29,31-34,40H,10,14-15,18-22H2,1-9H3,(H,41,47)(H,43,48)/t28-,29-,31+,32+,33+,34-/m0/s1. The van der Waals surface area contributed by atoms with E-state index in [4.69, 9.17) is 9.47 Å². The second kappa shape index (κ2) is 21.1. The van der Waals surface area contributed by atoms with E-state index in [9.17, 15) is 24.0 Å². The van der Waals surface area contributed by atoms with Gasteiger partial charge in [0.1, 0.15) is 22.8 Å². The quantitative estimate of drug-likeness (QED) is 0.178. The van der Waals surface area contributed by atoms with Crippen molar-refractivity contribution in [3.05, 3.63) is 52.0 Å². The molecule has 14 heteroatoms. The van der Waals surface area contributed by atoms with Crippen LogP contribution in [0.4, 0.5) is 0 Å². The number of likely N-dealkylation sites (N-methyl/N-ethyl adjacent to an activating group) is 3. The van der Waals surface area contributed by atoms with E-state index in [0.29, 0.717) is 24.4 Å². The number of amides is 3. The summed E-state index contributed by atoms with van der Waals surface area (Å²) in [6.07, 6.45) is 2.94. The number of nitrogens with zero attached hydrogens (tertiary/aromatic N) is 3. The molecule has 1 aliphatic heterocycles. The topological polar surface area (TPSA) is 159 Å². The van der Waals surface area contributed by atoms with Crippen LogP contribution in [-0.4, -0.2) is 109 Å². The Hall–Kier alpha value is -3.88. The molecule has 3 N–H and O–H groups in total. The molecule has 3 rings (SSSR count). The molecule has 0 radical (unpaired) electrons. The molecule has 0 spiro atoms. The van der Waals surface area contributed by atoms with Crippen molar-refractivity contribution in [2.45, 2.75) is 116 Å². The van der Waals surface area contributed by atoms with Crippen molar-refractivity contribution in [3.8, 4) is 0 Å². The molecule has 6 atom stereocenters. The summed E-state index contributed by atoms with van der Waals surface area (Å²) in [7, 11) is 4.99. The number of carbonyl (C=O) groups excluding carboxylic acids is 5. The van der Waals surface area contributed by atoms with Gasteiger partial charge in [-0.2, -0.15) is 0 Å². The van der Waals surface area contributed by atoms with Gasteiger partial charge < -0.3 is 30.3 Å². The Balaban J connectivity index is 1.81. The number of methoxy groups -OCH3 is 1. The average molecular weight is 757 g/mol. The van der Waals surface area contributed by atoms with Gasteiger partial charge in [-0.1, -0.05) is 71.4 Å². The Bertz CT molecular complexity index is 1500. The van der Waals surface area contributed by atoms with Crippen molar-refractivity contribution in [1.29, 1.82) is 0 Å². The average Bonchev–Trinajstić information content (AvgIpc) is 3.62. The van der Waals surface area contributed by atoms with Gasteiger partial charge in [0.25, 0.3) is 5.91 Å². The molecule has 2 heterocycles. The fraction of sp³-hybridized carbons (Fsp3) is 0.641. The number of hydrogen-bond acceptors (Lipinski definition) is 11. The molecule has 0 unspecified atom stereocenters. The van der Waals surface area contributed by atoms with Crippen LogP contribution >= 0.6 is 11.3 Å². The van der Waals surface area contributed by atoms with Crippen molar-refractivity contribution in [3.63, 3.8) is 0 Å². The molecule has 0 saturated carbocycles. The van der Waals surface area contributed by atoms with Gasteiger partial charge >= 0.3 is 11.9 Å². The van der Waals surface area contributed by atoms with E-state index in [0.717, 1.165) is 31.4 Å². The third-order valence-corrected chi connectivity index (χ3v) is 10.8. The van der Waals surface area contributed by atoms with Crippen molar-refractivity contribution in [2.75, 3.05) is 34.3 Å². The molecular formula is C39H60N6O7S. The summed E-state index contributed by atoms with van der Waals surface area (Å²) in [6.45, 7) is 12.4. The van der Waals surface area contributed by atoms with Gasteiger partial charge in [0.05, 0.1) is 13.2 Å². The third kappa shape index (κ3) is 12.9. The Kier molecular flexibility index (Phi) is 17.3. The molecular weight excluding hydrogens is 697 g/mol. The summed E-state index contributed by atoms with van der Waals surface area (Å²) >= 11 is 1.20. The number of benzene rings is 1. The molecule has 13 nitrogen and oxygen atoms in total. The minimum absolute atomic E-state index is 0.0454. The lowest BCUT2D eigenvalue weighted by Crippen LogP contribution is -2.57. The van der Waals surface area contributed by atoms with Crippen molar-refractivity contribution in [1.82, 2.24) is 30.7 Å². The molecule has 53 heavy (non-hydrogen) atoms. The van der Waals surface area contributed by atoms with Gasteiger partial charge in [0, 0.05) is 37.9 Å². The zero-order valence-electron chi connectivity index (χ0n) is 32.8. The molecule has 0 bridgehead atoms. The van der Waals surface area contributed by atoms with Gasteiger partial charge in [-0.25, -0.2) is 4.98 Å². The summed E-state index contributed by atoms with van der Waals surface area (Å²) in [5.74, 6) is -1.94. The zero-order chi connectivity index (χ0) is 39.2. The van der Waals surface area contributed by atoms with E-state index in [-0.39, 0.29) is 47.8 Å². The number of hydrogen-bond donors (Lipinski definition) is 3. The van der Waals surface area contributed by atoms with E-state index in [2.05, 4.69) is 20.9 Å². The first-order valence-corrected chi connectivity index (χ1v) is 19.6. The molecule has 294 valence electrons. The molecule has 0 aliphatic carbocycles. The predicted octanol–water partition coefficient (Wildman–Crippen LogP) is 4.13. The number of piperidine rings is 1. The van der Waals surface area contributed by atoms with Gasteiger partial charge in [-0.3, -0.25) is 28.9 Å². The van der Waals surface area contributed by atoms with Crippen LogP contribution in [0.3, 0.4) is 0 Å². The van der Waals surface area contributed by atoms with Crippen LogP contribution in [0.5, 0.6) is 0 Å². The lowest BCUT2D eigenvalue weighted by molar-refractivity contribution is -0.149. The van der Waals surface area contributed by atoms with Crippen molar-refractivity contribution >= 4 is 41.0 Å². The van der Waals surface area contributed by atoms with Crippen molar-refractivity contribution in [2.24, 2.45) is 11.8 Å². The second-order valence-corrected chi connectivity index (χ2v) is 15.5. The largest absolute Gasteiger partial charge is 0.468 e. The second-order valence-electron chi connectivity index (χ2n) is 14.6. The van der Waals surface area contributed by atoms with Crippen LogP contribution in [0, 0.1) is 11.8 Å². The summed E-state index contributed by atoms with van der Waals surface area (Å²) in [6, 6.07) is 7.23. The lowest BCUT2D eigenvalue weighted by atomic mass is 9.94. The number of ether oxygens (including phenoxy) is 2. The van der Waals surface area contributed by atoms with Crippen LogP contribution in [0.2, 0.25) is 0 Å². The highest BCUT2D eigenvalue weighted by atomic mass is 32.1. The maximum Gasteiger partial charge on any atom is 0.322 e. The fourth-order valence-electron chi connectivity index (χ4n) is 6.88. The number of nitrogens with one attached hydrogen (secondary N) is 3. The maximum absolute atomic E-state index is 14.1. The Labute approximate surface area is 318 Å². The first-order chi connectivity index (χ1) is 25.2. The van der Waals surface area contributed by atoms with Crippen LogP contribution in [0.15, 0.2) is 35.7 Å². The normalized spacial score (nSPS) is 17.7. The highest BCUT2D eigenvalue weighted by Crippen LogP contribution is 2.31. The summed E-state index contributed by atoms with van der Waals surface area (Å²) in [5, 5.41) is 11.3. The summed E-state index contributed by atoms with van der Waals surface area (Å²) < 4.78 is 10.8. The summed E-state index contributed by atoms with van der Waals surface area (Å²) in [5.41, 5.74) is 1.14. The van der Waals surface area contributed by atoms with Gasteiger partial charge in [-0.05, 0) is 63.2 Å². The van der Waals surface area contributed by atoms with Gasteiger partial charge in [0.15, 0.2) is 6.10 Å². The number of esters is 2. The Morgan fingerprint density at radius 3 is 2.30 bits per heavy atom. The van der Waals surface area contributed by atoms with Crippen LogP contribution in [0.25, 0.3) is 0 Å². The van der Waals surface area contributed by atoms with E-state index < -0.39 is 42.1 Å². The highest BCUT2D eigenvalue weighted by Gasteiger charge is 2.37. The maximum atomic E-state index is 14.1. The summed E-state index contributed by atoms with van der Waals surface area (Å²) in [4.78, 5) is 74.3. The molecule has 1 saturated heterocycles. The van der Waals surface area contributed by atoms with Gasteiger partial charge in [0.2, 0.25) is 11.8 Å². The number of likely N-dealkylation sites (tertiary alicyclic amines) is 1. The lowest BCUT2D eigenvalue weighted by Gasteiger charge is -2.37. The number of rotatable bonds is 19. The molecule has 2 aromatic rings. The van der Waals surface area contributed by atoms with Crippen LogP contribution < -0.4 is 16.0 Å². The smallest absolute Gasteiger partial charge is 0.322 e. The van der Waals surface area contributed by atoms with E-state index in [1.807, 2.05) is 76.9 Å². The Morgan fingerprint density at radius 1 is 1.02 bits per heavy atom. The van der Waals surface area contributed by atoms with Gasteiger partial charge in [-0.15, -0.1) is 11.3 Å². The van der Waals surface area contributed by atoms with E-state index in [1.165, 1.54) is 25.4 Å². The number of thiazole rings is 1. The molecule has 1 aliphatic rings. The van der Waals surface area contributed by atoms with E-state index >= 15 is 0 Å². The Morgan fingerprint density at radius 2 is 1.72 bits per heavy atom. The molecule has 3 amide bonds. The SMILES string of the molecule is CCN[C@@H](C[C@H](Cc1ccccc1)NC(=O)c1csc([C@@H](C[C@H](C(C)C)N(C)C(=O)[C@@H](NC(=O)[C@H]2CCCCN2C)C(C)C)OC(C)=O)n1)C(=O)OC. The minimum atomic E-state index is -0.831. The minimum Gasteiger partial charge on any atom is -0.468 e. The monoisotopic (exact) mass is 756 g/mol. The first-order valence-electron chi connectivity index (χ1n) is 18.7. The third-order valence-electron chi connectivity index (χ3n) is 9.83. The fourth-order valence-corrected chi connectivity index (χ4v) is 7.72. The van der Waals surface area contributed by atoms with E-state index in [1.54, 1.807) is 17.3 Å². The zero-order valence-corrected chi connectivity index (χ0v) is 33.7. The predicted molar refractivity (Wildman–Crippen MR) is 205 cm³/mol.